The minimum atomic E-state index is -4.95. The first-order valence-electron chi connectivity index (χ1n) is 16.2. The number of hydrogen-bond acceptors (Lipinski definition) is 13. The van der Waals surface area contributed by atoms with Crippen LogP contribution in [-0.2, 0) is 40.5 Å². The summed E-state index contributed by atoms with van der Waals surface area (Å²) in [6.07, 6.45) is 0. The van der Waals surface area contributed by atoms with Crippen LogP contribution in [0, 0.1) is 0 Å². The standard InChI is InChI=1S/C35H26N4O17S4.4Na.4H/c40-29-15-25(59(51,52)53)11-19-9-23(57(45,46)47)13-27(31(19)29)38-33(42)17-3-1-5-21(7-17)36-35(44)37-22-6-2-4-18(8-22)34(43)39-28-14-24(58(48,49)50)10-20-12-26(60(54,55)56)16-30(41)32(20)28;;;;;;;;/h1-16,40-41H,(H,38,42)(H,39,43)(H2,36,37,44)(H,45,46,47)(H,48,49,50)(H,51,52,53)(H,54,55,56);;;;;;;;/q;4*+1;4*-1. The Morgan fingerprint density at radius 1 is 0.422 bits per heavy atom. The first kappa shape index (κ1) is 57.4. The second-order valence-electron chi connectivity index (χ2n) is 12.6. The quantitative estimate of drug-likeness (QED) is 0.0450. The molecule has 0 fully saturated rings. The largest absolute Gasteiger partial charge is 1.00 e. The summed E-state index contributed by atoms with van der Waals surface area (Å²) in [5.74, 6) is -3.46. The summed E-state index contributed by atoms with van der Waals surface area (Å²) in [6.45, 7) is 0. The maximum Gasteiger partial charge on any atom is 1.00 e. The summed E-state index contributed by atoms with van der Waals surface area (Å²) in [7, 11) is -19.7. The second-order valence-corrected chi connectivity index (χ2v) is 18.3. The van der Waals surface area contributed by atoms with Crippen LogP contribution in [0.2, 0.25) is 0 Å². The Morgan fingerprint density at radius 3 is 1.02 bits per heavy atom. The average Bonchev–Trinajstić information content (AvgIpc) is 3.12. The first-order chi connectivity index (χ1) is 27.8. The molecule has 64 heavy (non-hydrogen) atoms. The zero-order chi connectivity index (χ0) is 44.1. The van der Waals surface area contributed by atoms with Gasteiger partial charge in [0.25, 0.3) is 52.3 Å². The third-order valence-electron chi connectivity index (χ3n) is 8.40. The number of hydrogen-bond donors (Lipinski definition) is 10. The molecule has 0 spiro atoms. The molecule has 0 atom stereocenters. The maximum atomic E-state index is 13.3. The number of carbonyl (C=O) groups excluding carboxylic acids is 3. The molecule has 29 heteroatoms. The molecule has 0 aliphatic rings. The summed E-state index contributed by atoms with van der Waals surface area (Å²) in [4.78, 5) is 36.4. The molecule has 320 valence electrons. The summed E-state index contributed by atoms with van der Waals surface area (Å²) in [5, 5.41) is 29.7. The van der Waals surface area contributed by atoms with Crippen LogP contribution >= 0.6 is 0 Å². The molecule has 0 heterocycles. The van der Waals surface area contributed by atoms with E-state index in [1.807, 2.05) is 0 Å². The van der Waals surface area contributed by atoms with E-state index in [9.17, 15) is 76.5 Å². The number of phenolic OH excluding ortho intramolecular Hbond substituents is 2. The summed E-state index contributed by atoms with van der Waals surface area (Å²) >= 11 is 0. The van der Waals surface area contributed by atoms with Gasteiger partial charge in [-0.1, -0.05) is 12.1 Å². The van der Waals surface area contributed by atoms with Gasteiger partial charge in [0.05, 0.1) is 31.0 Å². The van der Waals surface area contributed by atoms with Gasteiger partial charge in [-0.3, -0.25) is 27.8 Å². The molecule has 6 rings (SSSR count). The third-order valence-corrected chi connectivity index (χ3v) is 11.7. The van der Waals surface area contributed by atoms with Crippen molar-refractivity contribution in [3.05, 3.63) is 108 Å². The fraction of sp³-hybridized carbons (Fsp3) is 0. The van der Waals surface area contributed by atoms with Crippen LogP contribution < -0.4 is 139 Å². The maximum absolute atomic E-state index is 13.3. The van der Waals surface area contributed by atoms with Crippen LogP contribution in [0.15, 0.2) is 117 Å². The predicted octanol–water partition coefficient (Wildman–Crippen LogP) is -6.99. The molecular weight excluding hydrogens is 969 g/mol. The molecule has 6 aromatic rings. The minimum absolute atomic E-state index is 0. The molecular formula is C35H30N4Na4O17S4. The number of phenols is 2. The Balaban J connectivity index is -0.00000528. The first-order valence-corrected chi connectivity index (χ1v) is 22.0. The molecule has 6 aromatic carbocycles. The zero-order valence-corrected chi connectivity index (χ0v) is 44.8. The number of amides is 4. The molecule has 0 saturated carbocycles. The van der Waals surface area contributed by atoms with Crippen LogP contribution in [0.25, 0.3) is 21.5 Å². The van der Waals surface area contributed by atoms with E-state index in [2.05, 4.69) is 21.3 Å². The topological polar surface area (TPSA) is 357 Å². The Hall–Kier alpha value is -2.71. The van der Waals surface area contributed by atoms with Gasteiger partial charge in [0, 0.05) is 45.4 Å². The molecule has 0 radical (unpaired) electrons. The van der Waals surface area contributed by atoms with Gasteiger partial charge in [-0.05, 0) is 83.6 Å². The van der Waals surface area contributed by atoms with Crippen molar-refractivity contribution in [3.63, 3.8) is 0 Å². The Morgan fingerprint density at radius 2 is 0.719 bits per heavy atom. The molecule has 0 bridgehead atoms. The number of benzene rings is 6. The van der Waals surface area contributed by atoms with E-state index in [-0.39, 0.29) is 168 Å². The molecule has 10 N–H and O–H groups in total. The van der Waals surface area contributed by atoms with Crippen molar-refractivity contribution in [2.24, 2.45) is 0 Å². The molecule has 4 amide bonds. The third kappa shape index (κ3) is 13.7. The molecule has 0 aromatic heterocycles. The summed E-state index contributed by atoms with van der Waals surface area (Å²) in [5.41, 5.74) is -1.03. The molecule has 0 saturated heterocycles. The molecule has 0 aliphatic heterocycles. The number of aromatic hydroxyl groups is 2. The smallest absolute Gasteiger partial charge is 1.00 e. The fourth-order valence-corrected chi connectivity index (χ4v) is 7.99. The number of urea groups is 1. The monoisotopic (exact) mass is 998 g/mol. The van der Waals surface area contributed by atoms with Gasteiger partial charge in [0.15, 0.2) is 0 Å². The van der Waals surface area contributed by atoms with Crippen molar-refractivity contribution in [2.45, 2.75) is 19.6 Å². The zero-order valence-electron chi connectivity index (χ0n) is 37.5. The normalized spacial score (nSPS) is 11.4. The van der Waals surface area contributed by atoms with Crippen LogP contribution in [0.1, 0.15) is 26.4 Å². The van der Waals surface area contributed by atoms with E-state index in [0.29, 0.717) is 12.1 Å². The number of anilines is 4. The molecule has 21 nitrogen and oxygen atoms in total. The van der Waals surface area contributed by atoms with E-state index in [1.54, 1.807) is 0 Å². The van der Waals surface area contributed by atoms with Crippen LogP contribution in [0.3, 0.4) is 0 Å². The molecule has 0 unspecified atom stereocenters. The second kappa shape index (κ2) is 21.9. The van der Waals surface area contributed by atoms with E-state index in [4.69, 9.17) is 0 Å². The van der Waals surface area contributed by atoms with Crippen molar-refractivity contribution in [1.29, 1.82) is 0 Å². The minimum Gasteiger partial charge on any atom is -1.00 e. The van der Waals surface area contributed by atoms with Crippen LogP contribution in [0.4, 0.5) is 27.5 Å². The van der Waals surface area contributed by atoms with Gasteiger partial charge in [0.1, 0.15) is 11.5 Å². The van der Waals surface area contributed by atoms with Crippen molar-refractivity contribution >= 4 is 103 Å². The van der Waals surface area contributed by atoms with Gasteiger partial charge in [0.2, 0.25) is 0 Å². The van der Waals surface area contributed by atoms with Crippen LogP contribution in [0.5, 0.6) is 11.5 Å². The van der Waals surface area contributed by atoms with Gasteiger partial charge in [-0.25, -0.2) is 4.79 Å². The summed E-state index contributed by atoms with van der Waals surface area (Å²) in [6, 6.07) is 15.5. The Bertz CT molecular complexity index is 3120. The Labute approximate surface area is 457 Å². The number of carbonyl (C=O) groups is 3. The van der Waals surface area contributed by atoms with Crippen molar-refractivity contribution in [3.8, 4) is 11.5 Å². The van der Waals surface area contributed by atoms with E-state index < -0.39 is 101 Å². The number of nitrogens with one attached hydrogen (secondary N) is 4. The SMILES string of the molecule is O=C(Nc1cccc(C(=O)Nc2cc(S(=O)(=O)O)cc3cc(S(=O)(=O)O)cc(O)c23)c1)Nc1cccc(C(=O)Nc2cc(S(=O)(=O)O)cc3cc(S(=O)(=O)O)cc(O)c23)c1.[H-].[H-].[H-].[H-].[Na+].[Na+].[Na+].[Na+]. The van der Waals surface area contributed by atoms with Gasteiger partial charge in [-0.15, -0.1) is 0 Å². The van der Waals surface area contributed by atoms with Crippen molar-refractivity contribution < 1.29 is 200 Å². The van der Waals surface area contributed by atoms with E-state index in [1.165, 1.54) is 48.5 Å². The van der Waals surface area contributed by atoms with Gasteiger partial charge < -0.3 is 37.2 Å². The number of rotatable bonds is 10. The van der Waals surface area contributed by atoms with E-state index >= 15 is 0 Å². The molecule has 0 aliphatic carbocycles. The predicted molar refractivity (Wildman–Crippen MR) is 216 cm³/mol. The van der Waals surface area contributed by atoms with Gasteiger partial charge >= 0.3 is 124 Å². The van der Waals surface area contributed by atoms with Crippen molar-refractivity contribution in [2.75, 3.05) is 21.3 Å². The summed E-state index contributed by atoms with van der Waals surface area (Å²) < 4.78 is 133. The number of fused-ring (bicyclic) bond motifs is 2. The van der Waals surface area contributed by atoms with E-state index in [0.717, 1.165) is 36.4 Å². The average molecular weight is 999 g/mol. The fourth-order valence-electron chi connectivity index (χ4n) is 5.83. The van der Waals surface area contributed by atoms with Gasteiger partial charge in [-0.2, -0.15) is 33.7 Å². The van der Waals surface area contributed by atoms with Crippen molar-refractivity contribution in [1.82, 2.24) is 0 Å². The van der Waals surface area contributed by atoms with Crippen LogP contribution in [-0.4, -0.2) is 79.9 Å². The Kier molecular flexibility index (Phi) is 19.7.